The molecule has 0 bridgehead atoms. The fraction of sp³-hybridized carbons (Fsp3) is 0.875. The van der Waals surface area contributed by atoms with Crippen LogP contribution in [0.3, 0.4) is 0 Å². The summed E-state index contributed by atoms with van der Waals surface area (Å²) in [5.41, 5.74) is 1.74. The number of unbranched alkanes of at least 4 members (excludes halogenated alkanes) is 3. The molecule has 1 aliphatic carbocycles. The Hall–Kier alpha value is -0.260. The van der Waals surface area contributed by atoms with E-state index in [9.17, 15) is 0 Å². The van der Waals surface area contributed by atoms with Crippen LogP contribution in [-0.2, 0) is 0 Å². The molecule has 0 N–H and O–H groups in total. The van der Waals surface area contributed by atoms with E-state index in [1.54, 1.807) is 5.57 Å². The van der Waals surface area contributed by atoms with Gasteiger partial charge in [0.2, 0.25) is 0 Å². The van der Waals surface area contributed by atoms with Crippen LogP contribution in [0.1, 0.15) is 84.5 Å². The second-order valence-electron chi connectivity index (χ2n) is 5.39. The zero-order valence-electron chi connectivity index (χ0n) is 11.4. The Morgan fingerprint density at radius 3 is 2.38 bits per heavy atom. The van der Waals surface area contributed by atoms with Gasteiger partial charge in [-0.1, -0.05) is 64.0 Å². The molecular formula is C16H30. The highest BCUT2D eigenvalue weighted by molar-refractivity contribution is 5.04. The average molecular weight is 222 g/mol. The molecule has 0 aliphatic heterocycles. The SMILES string of the molecule is CCCCCC/C(=C/C1CCCCC1)CC. The van der Waals surface area contributed by atoms with Crippen LogP contribution in [0.2, 0.25) is 0 Å². The quantitative estimate of drug-likeness (QED) is 0.373. The lowest BCUT2D eigenvalue weighted by Crippen LogP contribution is -2.04. The molecule has 0 aromatic heterocycles. The standard InChI is InChI=1S/C16H30/c1-3-5-6-8-11-15(4-2)14-16-12-9-7-10-13-16/h14,16H,3-13H2,1-2H3/b15-14+. The van der Waals surface area contributed by atoms with Crippen LogP contribution < -0.4 is 0 Å². The molecule has 0 aromatic rings. The molecule has 0 nitrogen and oxygen atoms in total. The van der Waals surface area contributed by atoms with Crippen molar-refractivity contribution < 1.29 is 0 Å². The lowest BCUT2D eigenvalue weighted by molar-refractivity contribution is 0.416. The van der Waals surface area contributed by atoms with E-state index in [0.717, 1.165) is 5.92 Å². The summed E-state index contributed by atoms with van der Waals surface area (Å²) in [5.74, 6) is 0.926. The second kappa shape index (κ2) is 8.84. The third-order valence-corrected chi connectivity index (χ3v) is 3.93. The number of rotatable bonds is 7. The minimum absolute atomic E-state index is 0.926. The second-order valence-corrected chi connectivity index (χ2v) is 5.39. The van der Waals surface area contributed by atoms with Gasteiger partial charge in [-0.05, 0) is 38.0 Å². The summed E-state index contributed by atoms with van der Waals surface area (Å²) in [6, 6.07) is 0. The van der Waals surface area contributed by atoms with Gasteiger partial charge in [0.05, 0.1) is 0 Å². The number of allylic oxidation sites excluding steroid dienone is 2. The molecule has 16 heavy (non-hydrogen) atoms. The van der Waals surface area contributed by atoms with E-state index in [-0.39, 0.29) is 0 Å². The van der Waals surface area contributed by atoms with E-state index >= 15 is 0 Å². The summed E-state index contributed by atoms with van der Waals surface area (Å²) in [7, 11) is 0. The summed E-state index contributed by atoms with van der Waals surface area (Å²) in [5, 5.41) is 0. The molecule has 1 aliphatic rings. The molecule has 0 aromatic carbocycles. The molecule has 0 amide bonds. The molecule has 0 heterocycles. The summed E-state index contributed by atoms with van der Waals surface area (Å²) in [6.45, 7) is 4.62. The molecule has 0 atom stereocenters. The largest absolute Gasteiger partial charge is 0.0822 e. The molecule has 1 fully saturated rings. The molecule has 0 radical (unpaired) electrons. The predicted octanol–water partition coefficient (Wildman–Crippen LogP) is 5.87. The van der Waals surface area contributed by atoms with E-state index in [0.29, 0.717) is 0 Å². The maximum absolute atomic E-state index is 2.63. The van der Waals surface area contributed by atoms with E-state index in [1.165, 1.54) is 70.6 Å². The van der Waals surface area contributed by atoms with Gasteiger partial charge in [0.25, 0.3) is 0 Å². The van der Waals surface area contributed by atoms with Crippen molar-refractivity contribution in [1.29, 1.82) is 0 Å². The fourth-order valence-corrected chi connectivity index (χ4v) is 2.79. The van der Waals surface area contributed by atoms with Crippen molar-refractivity contribution in [3.8, 4) is 0 Å². The van der Waals surface area contributed by atoms with E-state index in [4.69, 9.17) is 0 Å². The normalized spacial score (nSPS) is 19.0. The van der Waals surface area contributed by atoms with Gasteiger partial charge in [0.15, 0.2) is 0 Å². The highest BCUT2D eigenvalue weighted by Gasteiger charge is 2.11. The van der Waals surface area contributed by atoms with Crippen LogP contribution in [0.4, 0.5) is 0 Å². The Labute approximate surface area is 103 Å². The van der Waals surface area contributed by atoms with Crippen molar-refractivity contribution in [2.24, 2.45) is 5.92 Å². The van der Waals surface area contributed by atoms with Gasteiger partial charge >= 0.3 is 0 Å². The summed E-state index contributed by atoms with van der Waals surface area (Å²) in [4.78, 5) is 0. The average Bonchev–Trinajstić information content (AvgIpc) is 2.34. The van der Waals surface area contributed by atoms with E-state index in [1.807, 2.05) is 0 Å². The van der Waals surface area contributed by atoms with Gasteiger partial charge in [-0.15, -0.1) is 0 Å². The molecule has 0 saturated heterocycles. The summed E-state index contributed by atoms with van der Waals surface area (Å²) < 4.78 is 0. The number of hydrogen-bond donors (Lipinski definition) is 0. The maximum atomic E-state index is 2.63. The molecule has 94 valence electrons. The molecule has 1 rings (SSSR count). The Morgan fingerprint density at radius 1 is 1.00 bits per heavy atom. The Kier molecular flexibility index (Phi) is 7.63. The fourth-order valence-electron chi connectivity index (χ4n) is 2.79. The van der Waals surface area contributed by atoms with Crippen LogP contribution in [0.15, 0.2) is 11.6 Å². The van der Waals surface area contributed by atoms with Gasteiger partial charge in [-0.25, -0.2) is 0 Å². The minimum Gasteiger partial charge on any atom is -0.0822 e. The molecular weight excluding hydrogens is 192 g/mol. The van der Waals surface area contributed by atoms with Crippen LogP contribution >= 0.6 is 0 Å². The van der Waals surface area contributed by atoms with Crippen molar-refractivity contribution in [2.45, 2.75) is 84.5 Å². The topological polar surface area (TPSA) is 0 Å². The molecule has 1 saturated carbocycles. The first-order valence-electron chi connectivity index (χ1n) is 7.56. The smallest absolute Gasteiger partial charge is 0.0231 e. The first-order valence-corrected chi connectivity index (χ1v) is 7.56. The molecule has 0 spiro atoms. The Bertz CT molecular complexity index is 184. The Balaban J connectivity index is 2.24. The van der Waals surface area contributed by atoms with E-state index in [2.05, 4.69) is 19.9 Å². The van der Waals surface area contributed by atoms with Crippen molar-refractivity contribution in [3.05, 3.63) is 11.6 Å². The summed E-state index contributed by atoms with van der Waals surface area (Å²) in [6.07, 6.45) is 18.2. The van der Waals surface area contributed by atoms with Crippen molar-refractivity contribution in [2.75, 3.05) is 0 Å². The van der Waals surface area contributed by atoms with Crippen LogP contribution in [-0.4, -0.2) is 0 Å². The zero-order chi connectivity index (χ0) is 11.6. The maximum Gasteiger partial charge on any atom is -0.0231 e. The van der Waals surface area contributed by atoms with Crippen molar-refractivity contribution in [1.82, 2.24) is 0 Å². The summed E-state index contributed by atoms with van der Waals surface area (Å²) >= 11 is 0. The van der Waals surface area contributed by atoms with Gasteiger partial charge in [0.1, 0.15) is 0 Å². The van der Waals surface area contributed by atoms with E-state index < -0.39 is 0 Å². The van der Waals surface area contributed by atoms with Crippen molar-refractivity contribution in [3.63, 3.8) is 0 Å². The third kappa shape index (κ3) is 5.72. The van der Waals surface area contributed by atoms with Crippen LogP contribution in [0.25, 0.3) is 0 Å². The van der Waals surface area contributed by atoms with Crippen LogP contribution in [0, 0.1) is 5.92 Å². The lowest BCUT2D eigenvalue weighted by atomic mass is 9.87. The number of hydrogen-bond acceptors (Lipinski definition) is 0. The first kappa shape index (κ1) is 13.8. The Morgan fingerprint density at radius 2 is 1.75 bits per heavy atom. The van der Waals surface area contributed by atoms with Gasteiger partial charge in [-0.2, -0.15) is 0 Å². The predicted molar refractivity (Wildman–Crippen MR) is 73.7 cm³/mol. The minimum atomic E-state index is 0.926. The van der Waals surface area contributed by atoms with Gasteiger partial charge < -0.3 is 0 Å². The molecule has 0 unspecified atom stereocenters. The van der Waals surface area contributed by atoms with Gasteiger partial charge in [0, 0.05) is 0 Å². The highest BCUT2D eigenvalue weighted by atomic mass is 14.2. The van der Waals surface area contributed by atoms with Gasteiger partial charge in [-0.3, -0.25) is 0 Å². The third-order valence-electron chi connectivity index (χ3n) is 3.93. The monoisotopic (exact) mass is 222 g/mol. The molecule has 0 heteroatoms. The first-order chi connectivity index (χ1) is 7.86. The van der Waals surface area contributed by atoms with Crippen LogP contribution in [0.5, 0.6) is 0 Å². The zero-order valence-corrected chi connectivity index (χ0v) is 11.4. The lowest BCUT2D eigenvalue weighted by Gasteiger charge is -2.19. The highest BCUT2D eigenvalue weighted by Crippen LogP contribution is 2.27. The van der Waals surface area contributed by atoms with Crippen molar-refractivity contribution >= 4 is 0 Å².